The second kappa shape index (κ2) is 13.4. The van der Waals surface area contributed by atoms with E-state index in [2.05, 4.69) is 35.3 Å². The average Bonchev–Trinajstić information content (AvgIpc) is 2.99. The normalized spacial score (nSPS) is 16.8. The molecule has 5 rings (SSSR count). The molecule has 0 atom stereocenters. The van der Waals surface area contributed by atoms with E-state index in [-0.39, 0.29) is 34.4 Å². The Morgan fingerprint density at radius 1 is 0.933 bits per heavy atom. The van der Waals surface area contributed by atoms with Gasteiger partial charge in [-0.05, 0) is 88.9 Å². The van der Waals surface area contributed by atoms with Crippen LogP contribution in [0.1, 0.15) is 46.5 Å². The average molecular weight is 636 g/mol. The van der Waals surface area contributed by atoms with Gasteiger partial charge in [0.05, 0.1) is 10.5 Å². The molecule has 0 aliphatic heterocycles. The van der Waals surface area contributed by atoms with Crippen LogP contribution in [0.25, 0.3) is 11.4 Å². The third-order valence-electron chi connectivity index (χ3n) is 6.81. The van der Waals surface area contributed by atoms with Crippen LogP contribution in [0.3, 0.4) is 0 Å². The van der Waals surface area contributed by atoms with Crippen molar-refractivity contribution in [3.63, 3.8) is 0 Å². The Hall–Kier alpha value is -4.85. The number of benzene rings is 2. The van der Waals surface area contributed by atoms with Crippen molar-refractivity contribution >= 4 is 27.8 Å². The molecule has 14 heteroatoms. The molecular weight excluding hydrogens is 601 g/mol. The molecule has 45 heavy (non-hydrogen) atoms. The van der Waals surface area contributed by atoms with Crippen LogP contribution >= 0.6 is 0 Å². The minimum atomic E-state index is -4.03. The number of amides is 1. The summed E-state index contributed by atoms with van der Waals surface area (Å²) in [5.74, 6) is -0.483. The molecule has 1 saturated carbocycles. The van der Waals surface area contributed by atoms with E-state index < -0.39 is 27.5 Å². The van der Waals surface area contributed by atoms with Gasteiger partial charge in [-0.25, -0.2) is 32.6 Å². The topological polar surface area (TPSA) is 157 Å². The van der Waals surface area contributed by atoms with Gasteiger partial charge in [0.1, 0.15) is 11.9 Å². The summed E-state index contributed by atoms with van der Waals surface area (Å²) in [6, 6.07) is 15.1. The molecule has 1 fully saturated rings. The lowest BCUT2D eigenvalue weighted by Crippen LogP contribution is -2.42. The molecule has 236 valence electrons. The minimum absolute atomic E-state index is 0.0246. The van der Waals surface area contributed by atoms with E-state index >= 15 is 4.39 Å². The molecule has 0 saturated heterocycles. The predicted octanol–water partition coefficient (Wildman–Crippen LogP) is 5.91. The van der Waals surface area contributed by atoms with E-state index in [0.29, 0.717) is 17.2 Å². The van der Waals surface area contributed by atoms with Crippen LogP contribution in [0.2, 0.25) is 0 Å². The van der Waals surface area contributed by atoms with Crippen molar-refractivity contribution in [2.24, 2.45) is 0 Å². The van der Waals surface area contributed by atoms with Crippen LogP contribution in [0, 0.1) is 5.82 Å². The summed E-state index contributed by atoms with van der Waals surface area (Å²) >= 11 is 0. The molecule has 2 heterocycles. The molecule has 12 nitrogen and oxygen atoms in total. The van der Waals surface area contributed by atoms with Crippen LogP contribution in [-0.2, 0) is 14.8 Å². The van der Waals surface area contributed by atoms with Gasteiger partial charge in [0.25, 0.3) is 10.0 Å². The van der Waals surface area contributed by atoms with Gasteiger partial charge in [-0.3, -0.25) is 4.72 Å². The Morgan fingerprint density at radius 3 is 2.38 bits per heavy atom. The number of hydrogen-bond acceptors (Lipinski definition) is 10. The maximum atomic E-state index is 15.1. The number of carbonyl (C=O) groups excluding carboxylic acids is 1. The molecule has 0 bridgehead atoms. The van der Waals surface area contributed by atoms with Crippen LogP contribution in [-0.4, -0.2) is 52.1 Å². The summed E-state index contributed by atoms with van der Waals surface area (Å²) in [6.45, 7) is 5.48. The van der Waals surface area contributed by atoms with Crippen molar-refractivity contribution in [1.29, 1.82) is 0 Å². The van der Waals surface area contributed by atoms with E-state index in [1.807, 2.05) is 20.8 Å². The van der Waals surface area contributed by atoms with Crippen molar-refractivity contribution < 1.29 is 27.1 Å². The number of nitrogens with zero attached hydrogens (tertiary/aromatic N) is 4. The Bertz CT molecular complexity index is 1740. The second-order valence-electron chi connectivity index (χ2n) is 11.5. The van der Waals surface area contributed by atoms with Crippen molar-refractivity contribution in [2.75, 3.05) is 10.0 Å². The molecule has 0 unspecified atom stereocenters. The number of halogens is 1. The first-order chi connectivity index (χ1) is 21.4. The fourth-order valence-electron chi connectivity index (χ4n) is 4.73. The minimum Gasteiger partial charge on any atom is -0.444 e. The van der Waals surface area contributed by atoms with Crippen molar-refractivity contribution in [3.05, 3.63) is 79.0 Å². The van der Waals surface area contributed by atoms with Gasteiger partial charge in [0, 0.05) is 24.0 Å². The highest BCUT2D eigenvalue weighted by atomic mass is 32.2. The highest BCUT2D eigenvalue weighted by molar-refractivity contribution is 7.92. The summed E-state index contributed by atoms with van der Waals surface area (Å²) in [6.07, 6.45) is 5.52. The zero-order chi connectivity index (χ0) is 32.0. The number of aromatic nitrogens is 4. The Morgan fingerprint density at radius 2 is 1.67 bits per heavy atom. The third kappa shape index (κ3) is 8.62. The monoisotopic (exact) mass is 635 g/mol. The Labute approximate surface area is 260 Å². The third-order valence-corrected chi connectivity index (χ3v) is 8.19. The molecule has 2 aromatic carbocycles. The van der Waals surface area contributed by atoms with Crippen molar-refractivity contribution in [1.82, 2.24) is 25.3 Å². The highest BCUT2D eigenvalue weighted by Crippen LogP contribution is 2.32. The quantitative estimate of drug-likeness (QED) is 0.202. The molecule has 0 spiro atoms. The predicted molar refractivity (Wildman–Crippen MR) is 166 cm³/mol. The van der Waals surface area contributed by atoms with Crippen molar-refractivity contribution in [3.8, 4) is 23.0 Å². The van der Waals surface area contributed by atoms with Gasteiger partial charge >= 0.3 is 6.09 Å². The fourth-order valence-corrected chi connectivity index (χ4v) is 5.80. The highest BCUT2D eigenvalue weighted by Gasteiger charge is 2.26. The van der Waals surface area contributed by atoms with Gasteiger partial charge in [0.15, 0.2) is 17.4 Å². The summed E-state index contributed by atoms with van der Waals surface area (Å²) in [5, 5.41) is 6.26. The van der Waals surface area contributed by atoms with E-state index in [1.54, 1.807) is 42.5 Å². The lowest BCUT2D eigenvalue weighted by molar-refractivity contribution is 0.0492. The first-order valence-electron chi connectivity index (χ1n) is 14.4. The zero-order valence-electron chi connectivity index (χ0n) is 25.0. The molecule has 3 N–H and O–H groups in total. The molecule has 1 aliphatic carbocycles. The number of hydrogen-bond donors (Lipinski definition) is 3. The summed E-state index contributed by atoms with van der Waals surface area (Å²) < 4.78 is 54.2. The van der Waals surface area contributed by atoms with Crippen LogP contribution in [0.4, 0.5) is 20.8 Å². The van der Waals surface area contributed by atoms with Crippen LogP contribution in [0.5, 0.6) is 11.6 Å². The number of sulfonamides is 1. The molecule has 4 aromatic rings. The number of para-hydroxylation sites is 1. The van der Waals surface area contributed by atoms with E-state index in [1.165, 1.54) is 24.7 Å². The Kier molecular flexibility index (Phi) is 9.42. The van der Waals surface area contributed by atoms with Gasteiger partial charge in [-0.1, -0.05) is 18.2 Å². The SMILES string of the molecule is CC(C)(C)OC(=O)NC1CCC(Nc2ncnc(-c3cccnc3Oc3ccc(S(=O)(=O)Nc4ccccc4)cc3F)n2)CC1. The number of alkyl carbamates (subject to hydrolysis) is 1. The first kappa shape index (κ1) is 31.6. The number of anilines is 2. The summed E-state index contributed by atoms with van der Waals surface area (Å²) in [4.78, 5) is 29.1. The van der Waals surface area contributed by atoms with Crippen molar-refractivity contribution in [2.45, 2.75) is 69.0 Å². The summed E-state index contributed by atoms with van der Waals surface area (Å²) in [7, 11) is -4.03. The largest absolute Gasteiger partial charge is 0.444 e. The Balaban J connectivity index is 1.24. The molecule has 1 amide bonds. The lowest BCUT2D eigenvalue weighted by atomic mass is 9.91. The molecule has 2 aromatic heterocycles. The summed E-state index contributed by atoms with van der Waals surface area (Å²) in [5.41, 5.74) is 0.182. The van der Waals surface area contributed by atoms with E-state index in [0.717, 1.165) is 31.7 Å². The van der Waals surface area contributed by atoms with Crippen LogP contribution < -0.4 is 20.1 Å². The standard InChI is InChI=1S/C31H34FN7O5S/c1-31(2,3)44-30(40)37-21-13-11-20(12-14-21)36-29-35-19-34-27(38-29)24-10-7-17-33-28(24)43-26-16-15-23(18-25(26)32)45(41,42)39-22-8-5-4-6-9-22/h4-10,15-21,39H,11-14H2,1-3H3,(H,37,40)(H,34,35,36,38). The van der Waals surface area contributed by atoms with E-state index in [9.17, 15) is 13.2 Å². The van der Waals surface area contributed by atoms with Gasteiger partial charge in [0.2, 0.25) is 11.8 Å². The van der Waals surface area contributed by atoms with Gasteiger partial charge < -0.3 is 20.1 Å². The number of ether oxygens (including phenoxy) is 2. The lowest BCUT2D eigenvalue weighted by Gasteiger charge is -2.30. The maximum absolute atomic E-state index is 15.1. The second-order valence-corrected chi connectivity index (χ2v) is 13.2. The first-order valence-corrected chi connectivity index (χ1v) is 15.9. The zero-order valence-corrected chi connectivity index (χ0v) is 25.8. The number of nitrogens with one attached hydrogen (secondary N) is 3. The maximum Gasteiger partial charge on any atom is 0.407 e. The molecular formula is C31H34FN7O5S. The number of pyridine rings is 1. The smallest absolute Gasteiger partial charge is 0.407 e. The van der Waals surface area contributed by atoms with Crippen LogP contribution in [0.15, 0.2) is 78.1 Å². The molecule has 1 aliphatic rings. The number of rotatable bonds is 9. The van der Waals surface area contributed by atoms with Gasteiger partial charge in [-0.15, -0.1) is 0 Å². The van der Waals surface area contributed by atoms with E-state index in [4.69, 9.17) is 9.47 Å². The number of carbonyl (C=O) groups is 1. The van der Waals surface area contributed by atoms with Gasteiger partial charge in [-0.2, -0.15) is 4.98 Å². The fraction of sp³-hybridized carbons (Fsp3) is 0.323. The molecule has 0 radical (unpaired) electrons.